The Labute approximate surface area is 132 Å². The maximum absolute atomic E-state index is 12.6. The number of hydrogen-bond donors (Lipinski definition) is 1. The molecule has 0 saturated carbocycles. The van der Waals surface area contributed by atoms with Crippen LogP contribution in [-0.2, 0) is 0 Å². The number of carbonyl (C=O) groups is 1. The van der Waals surface area contributed by atoms with Crippen molar-refractivity contribution in [3.05, 3.63) is 54.3 Å². The topological polar surface area (TPSA) is 87.9 Å². The van der Waals surface area contributed by atoms with Crippen molar-refractivity contribution in [3.8, 4) is 11.3 Å². The Morgan fingerprint density at radius 2 is 2.17 bits per heavy atom. The van der Waals surface area contributed by atoms with E-state index in [1.54, 1.807) is 11.0 Å². The molecule has 4 rings (SSSR count). The first-order chi connectivity index (χ1) is 11.3. The zero-order valence-corrected chi connectivity index (χ0v) is 12.3. The van der Waals surface area contributed by atoms with E-state index in [4.69, 9.17) is 4.52 Å². The van der Waals surface area contributed by atoms with Crippen LogP contribution >= 0.6 is 0 Å². The van der Waals surface area contributed by atoms with Crippen LogP contribution < -0.4 is 0 Å². The standard InChI is InChI=1S/C16H15N5O2/c22-16(21-7-6-12(9-21)15-17-10-23-20-15)14-8-13(18-19-14)11-4-2-1-3-5-11/h1-5,8,10,12H,6-7,9H2,(H,18,19). The number of rotatable bonds is 3. The Hall–Kier alpha value is -2.96. The minimum absolute atomic E-state index is 0.0503. The average molecular weight is 309 g/mol. The lowest BCUT2D eigenvalue weighted by Crippen LogP contribution is -2.28. The molecule has 1 amide bonds. The van der Waals surface area contributed by atoms with Crippen molar-refractivity contribution in [3.63, 3.8) is 0 Å². The minimum atomic E-state index is -0.0503. The highest BCUT2D eigenvalue weighted by molar-refractivity contribution is 5.93. The third kappa shape index (κ3) is 2.61. The summed E-state index contributed by atoms with van der Waals surface area (Å²) in [6, 6.07) is 11.6. The van der Waals surface area contributed by atoms with Gasteiger partial charge in [-0.05, 0) is 12.5 Å². The number of hydrogen-bond acceptors (Lipinski definition) is 5. The van der Waals surface area contributed by atoms with Crippen LogP contribution in [0.4, 0.5) is 0 Å². The van der Waals surface area contributed by atoms with E-state index in [-0.39, 0.29) is 11.8 Å². The largest absolute Gasteiger partial charge is 0.343 e. The number of benzene rings is 1. The van der Waals surface area contributed by atoms with E-state index in [9.17, 15) is 4.79 Å². The molecule has 0 radical (unpaired) electrons. The molecule has 0 bridgehead atoms. The van der Waals surface area contributed by atoms with Crippen LogP contribution in [0, 0.1) is 0 Å². The first kappa shape index (κ1) is 13.7. The SMILES string of the molecule is O=C(c1cc(-c2ccccc2)n[nH]1)N1CCC(c2ncon2)C1. The highest BCUT2D eigenvalue weighted by atomic mass is 16.5. The first-order valence-corrected chi connectivity index (χ1v) is 7.47. The van der Waals surface area contributed by atoms with E-state index < -0.39 is 0 Å². The van der Waals surface area contributed by atoms with Crippen molar-refractivity contribution in [2.75, 3.05) is 13.1 Å². The van der Waals surface area contributed by atoms with Crippen LogP contribution in [0.3, 0.4) is 0 Å². The molecule has 1 N–H and O–H groups in total. The number of aromatic amines is 1. The molecule has 1 saturated heterocycles. The van der Waals surface area contributed by atoms with Gasteiger partial charge in [-0.15, -0.1) is 0 Å². The zero-order chi connectivity index (χ0) is 15.6. The van der Waals surface area contributed by atoms with Crippen molar-refractivity contribution >= 4 is 5.91 Å². The van der Waals surface area contributed by atoms with Crippen molar-refractivity contribution in [2.45, 2.75) is 12.3 Å². The summed E-state index contributed by atoms with van der Waals surface area (Å²) >= 11 is 0. The highest BCUT2D eigenvalue weighted by Crippen LogP contribution is 2.26. The molecule has 1 fully saturated rings. The summed E-state index contributed by atoms with van der Waals surface area (Å²) in [4.78, 5) is 18.5. The molecule has 0 spiro atoms. The molecule has 7 nitrogen and oxygen atoms in total. The van der Waals surface area contributed by atoms with Gasteiger partial charge < -0.3 is 9.42 Å². The number of carbonyl (C=O) groups excluding carboxylic acids is 1. The van der Waals surface area contributed by atoms with Gasteiger partial charge >= 0.3 is 0 Å². The quantitative estimate of drug-likeness (QED) is 0.800. The molecule has 1 aliphatic rings. The van der Waals surface area contributed by atoms with Crippen molar-refractivity contribution in [1.29, 1.82) is 0 Å². The van der Waals surface area contributed by atoms with Crippen LogP contribution in [0.1, 0.15) is 28.7 Å². The van der Waals surface area contributed by atoms with E-state index in [2.05, 4.69) is 20.3 Å². The Bertz CT molecular complexity index is 797. The Morgan fingerprint density at radius 3 is 2.96 bits per heavy atom. The monoisotopic (exact) mass is 309 g/mol. The Kier molecular flexibility index (Phi) is 3.38. The second-order valence-corrected chi connectivity index (χ2v) is 5.56. The lowest BCUT2D eigenvalue weighted by molar-refractivity contribution is 0.0784. The smallest absolute Gasteiger partial charge is 0.271 e. The van der Waals surface area contributed by atoms with Gasteiger partial charge in [-0.1, -0.05) is 35.5 Å². The molecule has 7 heteroatoms. The van der Waals surface area contributed by atoms with Gasteiger partial charge in [0.2, 0.25) is 6.39 Å². The highest BCUT2D eigenvalue weighted by Gasteiger charge is 2.31. The Morgan fingerprint density at radius 1 is 1.30 bits per heavy atom. The number of H-pyrrole nitrogens is 1. The summed E-state index contributed by atoms with van der Waals surface area (Å²) in [5.74, 6) is 0.745. The summed E-state index contributed by atoms with van der Waals surface area (Å²) in [5.41, 5.74) is 2.24. The van der Waals surface area contributed by atoms with E-state index in [1.807, 2.05) is 30.3 Å². The Balaban J connectivity index is 1.49. The van der Waals surface area contributed by atoms with Crippen molar-refractivity contribution in [2.24, 2.45) is 0 Å². The van der Waals surface area contributed by atoms with Crippen molar-refractivity contribution in [1.82, 2.24) is 25.2 Å². The van der Waals surface area contributed by atoms with E-state index in [0.717, 1.165) is 17.7 Å². The molecule has 1 unspecified atom stereocenters. The number of nitrogens with zero attached hydrogens (tertiary/aromatic N) is 4. The third-order valence-electron chi connectivity index (χ3n) is 4.10. The first-order valence-electron chi connectivity index (χ1n) is 7.47. The third-order valence-corrected chi connectivity index (χ3v) is 4.10. The molecule has 2 aromatic heterocycles. The molecule has 3 aromatic rings. The molecule has 116 valence electrons. The van der Waals surface area contributed by atoms with Crippen LogP contribution in [0.2, 0.25) is 0 Å². The second-order valence-electron chi connectivity index (χ2n) is 5.56. The molecular weight excluding hydrogens is 294 g/mol. The predicted molar refractivity (Wildman–Crippen MR) is 81.6 cm³/mol. The van der Waals surface area contributed by atoms with Gasteiger partial charge in [-0.25, -0.2) is 0 Å². The fourth-order valence-electron chi connectivity index (χ4n) is 2.87. The molecular formula is C16H15N5O2. The van der Waals surface area contributed by atoms with Crippen LogP contribution in [-0.4, -0.2) is 44.2 Å². The summed E-state index contributed by atoms with van der Waals surface area (Å²) in [6.07, 6.45) is 2.16. The van der Waals surface area contributed by atoms with Crippen LogP contribution in [0.15, 0.2) is 47.3 Å². The van der Waals surface area contributed by atoms with Gasteiger partial charge in [-0.3, -0.25) is 9.89 Å². The van der Waals surface area contributed by atoms with Gasteiger partial charge in [0.15, 0.2) is 5.82 Å². The second kappa shape index (κ2) is 5.68. The van der Waals surface area contributed by atoms with Crippen LogP contribution in [0.5, 0.6) is 0 Å². The summed E-state index contributed by atoms with van der Waals surface area (Å²) in [7, 11) is 0. The maximum atomic E-state index is 12.6. The summed E-state index contributed by atoms with van der Waals surface area (Å²) < 4.78 is 4.78. The van der Waals surface area contributed by atoms with Crippen LogP contribution in [0.25, 0.3) is 11.3 Å². The maximum Gasteiger partial charge on any atom is 0.271 e. The van der Waals surface area contributed by atoms with E-state index >= 15 is 0 Å². The fourth-order valence-corrected chi connectivity index (χ4v) is 2.87. The average Bonchev–Trinajstić information content (AvgIpc) is 3.35. The summed E-state index contributed by atoms with van der Waals surface area (Å²) in [5, 5.41) is 10.9. The summed E-state index contributed by atoms with van der Waals surface area (Å²) in [6.45, 7) is 1.27. The van der Waals surface area contributed by atoms with Gasteiger partial charge in [0.05, 0.1) is 5.69 Å². The number of amides is 1. The molecule has 1 aliphatic heterocycles. The number of likely N-dealkylation sites (tertiary alicyclic amines) is 1. The van der Waals surface area contributed by atoms with Gasteiger partial charge in [0.25, 0.3) is 5.91 Å². The fraction of sp³-hybridized carbons (Fsp3) is 0.250. The molecule has 1 aromatic carbocycles. The number of aromatic nitrogens is 4. The van der Waals surface area contributed by atoms with Crippen molar-refractivity contribution < 1.29 is 9.32 Å². The van der Waals surface area contributed by atoms with Gasteiger partial charge in [0.1, 0.15) is 5.69 Å². The van der Waals surface area contributed by atoms with E-state index in [0.29, 0.717) is 24.6 Å². The molecule has 3 heterocycles. The zero-order valence-electron chi connectivity index (χ0n) is 12.3. The lowest BCUT2D eigenvalue weighted by atomic mass is 10.1. The molecule has 23 heavy (non-hydrogen) atoms. The lowest BCUT2D eigenvalue weighted by Gasteiger charge is -2.14. The normalized spacial score (nSPS) is 17.6. The molecule has 0 aliphatic carbocycles. The molecule has 1 atom stereocenters. The minimum Gasteiger partial charge on any atom is -0.343 e. The van der Waals surface area contributed by atoms with E-state index in [1.165, 1.54) is 6.39 Å². The predicted octanol–water partition coefficient (Wildman–Crippen LogP) is 2.09. The van der Waals surface area contributed by atoms with Gasteiger partial charge in [-0.2, -0.15) is 10.1 Å². The van der Waals surface area contributed by atoms with Gasteiger partial charge in [0, 0.05) is 24.6 Å². The number of nitrogens with one attached hydrogen (secondary N) is 1.